The molecule has 0 aliphatic heterocycles. The number of hydrogen-bond acceptors (Lipinski definition) is 2. The van der Waals surface area contributed by atoms with Gasteiger partial charge >= 0.3 is 0 Å². The molecule has 1 aromatic rings. The van der Waals surface area contributed by atoms with Crippen LogP contribution in [0.15, 0.2) is 24.3 Å². The normalized spacial score (nSPS) is 12.7. The van der Waals surface area contributed by atoms with Crippen molar-refractivity contribution in [1.29, 1.82) is 0 Å². The van der Waals surface area contributed by atoms with E-state index in [2.05, 4.69) is 43.4 Å². The van der Waals surface area contributed by atoms with E-state index in [9.17, 15) is 0 Å². The number of aryl methyl sites for hydroxylation is 1. The van der Waals surface area contributed by atoms with E-state index in [1.807, 2.05) is 0 Å². The van der Waals surface area contributed by atoms with Crippen molar-refractivity contribution in [2.24, 2.45) is 0 Å². The van der Waals surface area contributed by atoms with Crippen molar-refractivity contribution in [3.63, 3.8) is 0 Å². The highest BCUT2D eigenvalue weighted by Gasteiger charge is 2.00. The molecule has 15 heavy (non-hydrogen) atoms. The minimum absolute atomic E-state index is 0.288. The summed E-state index contributed by atoms with van der Waals surface area (Å²) >= 11 is 0. The van der Waals surface area contributed by atoms with Gasteiger partial charge in [-0.05, 0) is 32.3 Å². The van der Waals surface area contributed by atoms with E-state index in [4.69, 9.17) is 5.11 Å². The van der Waals surface area contributed by atoms with E-state index < -0.39 is 0 Å². The van der Waals surface area contributed by atoms with E-state index in [-0.39, 0.29) is 6.61 Å². The van der Waals surface area contributed by atoms with Crippen molar-refractivity contribution in [3.05, 3.63) is 35.4 Å². The van der Waals surface area contributed by atoms with Crippen LogP contribution in [0.25, 0.3) is 0 Å². The van der Waals surface area contributed by atoms with Crippen LogP contribution >= 0.6 is 0 Å². The van der Waals surface area contributed by atoms with Gasteiger partial charge in [-0.1, -0.05) is 29.8 Å². The number of aliphatic hydroxyl groups is 1. The fraction of sp³-hybridized carbons (Fsp3) is 0.538. The number of benzene rings is 1. The molecule has 0 aromatic heterocycles. The number of rotatable bonds is 6. The maximum absolute atomic E-state index is 8.70. The van der Waals surface area contributed by atoms with E-state index in [0.29, 0.717) is 6.04 Å². The monoisotopic (exact) mass is 207 g/mol. The Kier molecular flexibility index (Phi) is 5.37. The number of nitrogens with one attached hydrogen (secondary N) is 1. The van der Waals surface area contributed by atoms with Crippen LogP contribution in [0.4, 0.5) is 0 Å². The van der Waals surface area contributed by atoms with Crippen LogP contribution in [0.1, 0.15) is 30.9 Å². The van der Waals surface area contributed by atoms with E-state index in [1.54, 1.807) is 0 Å². The van der Waals surface area contributed by atoms with Crippen molar-refractivity contribution in [3.8, 4) is 0 Å². The van der Waals surface area contributed by atoms with Gasteiger partial charge in [-0.15, -0.1) is 0 Å². The Balaban J connectivity index is 2.27. The summed E-state index contributed by atoms with van der Waals surface area (Å²) in [7, 11) is 0. The second kappa shape index (κ2) is 6.59. The molecule has 0 fully saturated rings. The van der Waals surface area contributed by atoms with Gasteiger partial charge in [-0.3, -0.25) is 0 Å². The summed E-state index contributed by atoms with van der Waals surface area (Å²) in [4.78, 5) is 0. The largest absolute Gasteiger partial charge is 0.396 e. The fourth-order valence-corrected chi connectivity index (χ4v) is 1.50. The topological polar surface area (TPSA) is 32.3 Å². The summed E-state index contributed by atoms with van der Waals surface area (Å²) in [5.74, 6) is 0. The highest BCUT2D eigenvalue weighted by molar-refractivity contribution is 5.21. The van der Waals surface area contributed by atoms with Gasteiger partial charge in [-0.25, -0.2) is 0 Å². The number of hydrogen-bond donors (Lipinski definition) is 2. The molecule has 1 rings (SSSR count). The predicted molar refractivity (Wildman–Crippen MR) is 63.8 cm³/mol. The SMILES string of the molecule is Cc1ccc(CN[C@@H](C)CCCO)cc1. The first-order chi connectivity index (χ1) is 7.22. The molecule has 84 valence electrons. The third-order valence-electron chi connectivity index (χ3n) is 2.57. The van der Waals surface area contributed by atoms with Gasteiger partial charge in [-0.2, -0.15) is 0 Å². The molecule has 1 aromatic carbocycles. The first-order valence-corrected chi connectivity index (χ1v) is 5.62. The smallest absolute Gasteiger partial charge is 0.0431 e. The Morgan fingerprint density at radius 2 is 1.93 bits per heavy atom. The van der Waals surface area contributed by atoms with Gasteiger partial charge in [0, 0.05) is 19.2 Å². The summed E-state index contributed by atoms with van der Waals surface area (Å²) < 4.78 is 0. The summed E-state index contributed by atoms with van der Waals surface area (Å²) in [5.41, 5.74) is 2.61. The zero-order chi connectivity index (χ0) is 11.1. The molecule has 2 nitrogen and oxygen atoms in total. The molecule has 0 aliphatic carbocycles. The van der Waals surface area contributed by atoms with Gasteiger partial charge in [0.2, 0.25) is 0 Å². The van der Waals surface area contributed by atoms with Crippen molar-refractivity contribution in [2.75, 3.05) is 6.61 Å². The Labute approximate surface area is 92.3 Å². The third-order valence-corrected chi connectivity index (χ3v) is 2.57. The lowest BCUT2D eigenvalue weighted by molar-refractivity contribution is 0.276. The van der Waals surface area contributed by atoms with Crippen LogP contribution in [0, 0.1) is 6.92 Å². The summed E-state index contributed by atoms with van der Waals surface area (Å²) in [6.45, 7) is 5.45. The lowest BCUT2D eigenvalue weighted by Gasteiger charge is -2.13. The van der Waals surface area contributed by atoms with Crippen LogP contribution < -0.4 is 5.32 Å². The first kappa shape index (κ1) is 12.2. The molecule has 0 bridgehead atoms. The highest BCUT2D eigenvalue weighted by atomic mass is 16.2. The van der Waals surface area contributed by atoms with E-state index in [1.165, 1.54) is 11.1 Å². The van der Waals surface area contributed by atoms with Crippen molar-refractivity contribution >= 4 is 0 Å². The molecule has 0 radical (unpaired) electrons. The zero-order valence-electron chi connectivity index (χ0n) is 9.66. The van der Waals surface area contributed by atoms with Gasteiger partial charge in [0.05, 0.1) is 0 Å². The molecule has 0 aliphatic rings. The van der Waals surface area contributed by atoms with Crippen LogP contribution in [0.5, 0.6) is 0 Å². The quantitative estimate of drug-likeness (QED) is 0.750. The van der Waals surface area contributed by atoms with Crippen LogP contribution in [-0.2, 0) is 6.54 Å². The van der Waals surface area contributed by atoms with E-state index in [0.717, 1.165) is 19.4 Å². The minimum Gasteiger partial charge on any atom is -0.396 e. The molecule has 0 saturated heterocycles. The molecular formula is C13H21NO. The average Bonchev–Trinajstić information content (AvgIpc) is 2.25. The Morgan fingerprint density at radius 3 is 2.53 bits per heavy atom. The fourth-order valence-electron chi connectivity index (χ4n) is 1.50. The van der Waals surface area contributed by atoms with Gasteiger partial charge in [0.15, 0.2) is 0 Å². The lowest BCUT2D eigenvalue weighted by atomic mass is 10.1. The summed E-state index contributed by atoms with van der Waals surface area (Å²) in [6, 6.07) is 9.05. The third kappa shape index (κ3) is 4.96. The predicted octanol–water partition coefficient (Wildman–Crippen LogP) is 2.25. The Hall–Kier alpha value is -0.860. The molecule has 2 heteroatoms. The van der Waals surface area contributed by atoms with Crippen molar-refractivity contribution in [1.82, 2.24) is 5.32 Å². The van der Waals surface area contributed by atoms with Crippen LogP contribution in [0.3, 0.4) is 0 Å². The van der Waals surface area contributed by atoms with Gasteiger partial charge in [0.1, 0.15) is 0 Å². The van der Waals surface area contributed by atoms with Gasteiger partial charge < -0.3 is 10.4 Å². The summed E-state index contributed by atoms with van der Waals surface area (Å²) in [6.07, 6.45) is 1.91. The standard InChI is InChI=1S/C13H21NO/c1-11-5-7-13(8-6-11)10-14-12(2)4-3-9-15/h5-8,12,14-15H,3-4,9-10H2,1-2H3/t12-/m0/s1. The Bertz CT molecular complexity index is 268. The maximum Gasteiger partial charge on any atom is 0.0431 e. The maximum atomic E-state index is 8.70. The molecule has 0 saturated carbocycles. The molecule has 2 N–H and O–H groups in total. The Morgan fingerprint density at radius 1 is 1.27 bits per heavy atom. The first-order valence-electron chi connectivity index (χ1n) is 5.62. The molecule has 1 atom stereocenters. The molecule has 0 unspecified atom stereocenters. The van der Waals surface area contributed by atoms with Crippen LogP contribution in [0.2, 0.25) is 0 Å². The molecular weight excluding hydrogens is 186 g/mol. The average molecular weight is 207 g/mol. The number of aliphatic hydroxyl groups excluding tert-OH is 1. The second-order valence-corrected chi connectivity index (χ2v) is 4.13. The van der Waals surface area contributed by atoms with Crippen molar-refractivity contribution < 1.29 is 5.11 Å². The second-order valence-electron chi connectivity index (χ2n) is 4.13. The van der Waals surface area contributed by atoms with Crippen molar-refractivity contribution in [2.45, 2.75) is 39.3 Å². The summed E-state index contributed by atoms with van der Waals surface area (Å²) in [5, 5.41) is 12.1. The zero-order valence-corrected chi connectivity index (χ0v) is 9.66. The molecule has 0 spiro atoms. The van der Waals surface area contributed by atoms with Gasteiger partial charge in [0.25, 0.3) is 0 Å². The lowest BCUT2D eigenvalue weighted by Crippen LogP contribution is -2.25. The minimum atomic E-state index is 0.288. The van der Waals surface area contributed by atoms with E-state index >= 15 is 0 Å². The highest BCUT2D eigenvalue weighted by Crippen LogP contribution is 2.04. The molecule has 0 amide bonds. The molecule has 0 heterocycles. The van der Waals surface area contributed by atoms with Crippen LogP contribution in [-0.4, -0.2) is 17.8 Å².